The third-order valence-electron chi connectivity index (χ3n) is 3.44. The number of sulfonamides is 1. The van der Waals surface area contributed by atoms with Crippen LogP contribution in [-0.4, -0.2) is 20.4 Å². The van der Waals surface area contributed by atoms with Crippen LogP contribution in [0, 0.1) is 11.6 Å². The minimum absolute atomic E-state index is 0.0594. The fraction of sp³-hybridized carbons (Fsp3) is 0.278. The molecule has 2 N–H and O–H groups in total. The maximum absolute atomic E-state index is 13.6. The van der Waals surface area contributed by atoms with Crippen molar-refractivity contribution < 1.29 is 22.0 Å². The van der Waals surface area contributed by atoms with Gasteiger partial charge >= 0.3 is 0 Å². The molecule has 0 saturated heterocycles. The Morgan fingerprint density at radius 3 is 2.08 bits per heavy atom. The first-order valence-corrected chi connectivity index (χ1v) is 9.63. The lowest BCUT2D eigenvalue weighted by Crippen LogP contribution is -2.31. The molecular weight excluding hydrogens is 362 g/mol. The van der Waals surface area contributed by atoms with Crippen LogP contribution in [-0.2, 0) is 22.3 Å². The molecule has 0 aliphatic rings. The number of nitrogens with one attached hydrogen (secondary N) is 2. The minimum Gasteiger partial charge on any atom is -0.348 e. The van der Waals surface area contributed by atoms with E-state index in [0.29, 0.717) is 11.1 Å². The first kappa shape index (κ1) is 20.0. The molecule has 0 spiro atoms. The highest BCUT2D eigenvalue weighted by atomic mass is 32.2. The first-order valence-electron chi connectivity index (χ1n) is 7.98. The molecule has 0 fully saturated rings. The van der Waals surface area contributed by atoms with Crippen molar-refractivity contribution in [2.45, 2.75) is 32.2 Å². The lowest BCUT2D eigenvalue weighted by atomic mass is 10.1. The van der Waals surface area contributed by atoms with Gasteiger partial charge in [0.15, 0.2) is 0 Å². The van der Waals surface area contributed by atoms with Gasteiger partial charge in [-0.3, -0.25) is 4.79 Å². The van der Waals surface area contributed by atoms with Gasteiger partial charge in [0.05, 0.1) is 5.75 Å². The van der Waals surface area contributed by atoms with Crippen LogP contribution >= 0.6 is 0 Å². The molecule has 0 heterocycles. The second-order valence-corrected chi connectivity index (χ2v) is 7.88. The van der Waals surface area contributed by atoms with E-state index in [9.17, 15) is 22.0 Å². The van der Waals surface area contributed by atoms with E-state index in [1.54, 1.807) is 38.1 Å². The maximum atomic E-state index is 13.6. The minimum atomic E-state index is -3.42. The normalized spacial score (nSPS) is 11.6. The van der Waals surface area contributed by atoms with E-state index >= 15 is 0 Å². The highest BCUT2D eigenvalue weighted by Crippen LogP contribution is 2.13. The Morgan fingerprint density at radius 1 is 1.00 bits per heavy atom. The average Bonchev–Trinajstić information content (AvgIpc) is 2.52. The van der Waals surface area contributed by atoms with E-state index in [4.69, 9.17) is 0 Å². The summed E-state index contributed by atoms with van der Waals surface area (Å²) in [6.07, 6.45) is 0. The van der Waals surface area contributed by atoms with Gasteiger partial charge in [-0.2, -0.15) is 0 Å². The van der Waals surface area contributed by atoms with Gasteiger partial charge in [0.25, 0.3) is 5.91 Å². The van der Waals surface area contributed by atoms with Crippen molar-refractivity contribution in [3.05, 3.63) is 70.8 Å². The maximum Gasteiger partial charge on any atom is 0.257 e. The number of halogens is 2. The number of carbonyl (C=O) groups is 1. The topological polar surface area (TPSA) is 75.3 Å². The van der Waals surface area contributed by atoms with E-state index in [1.165, 1.54) is 6.07 Å². The third-order valence-corrected chi connectivity index (χ3v) is 4.98. The van der Waals surface area contributed by atoms with E-state index < -0.39 is 33.1 Å². The molecule has 0 unspecified atom stereocenters. The predicted molar refractivity (Wildman–Crippen MR) is 94.9 cm³/mol. The molecule has 0 aliphatic carbocycles. The summed E-state index contributed by atoms with van der Waals surface area (Å²) in [5, 5.41) is 2.44. The molecule has 0 aliphatic heterocycles. The highest BCUT2D eigenvalue weighted by Gasteiger charge is 2.17. The van der Waals surface area contributed by atoms with Crippen molar-refractivity contribution in [1.82, 2.24) is 10.0 Å². The van der Waals surface area contributed by atoms with Gasteiger partial charge in [-0.1, -0.05) is 30.3 Å². The summed E-state index contributed by atoms with van der Waals surface area (Å²) in [4.78, 5) is 11.9. The first-order chi connectivity index (χ1) is 12.2. The third kappa shape index (κ3) is 5.60. The Balaban J connectivity index is 1.98. The summed E-state index contributed by atoms with van der Waals surface area (Å²) in [6, 6.07) is 9.58. The Labute approximate surface area is 151 Å². The molecule has 0 atom stereocenters. The largest absolute Gasteiger partial charge is 0.348 e. The molecular formula is C18H20F2N2O3S. The van der Waals surface area contributed by atoms with Gasteiger partial charge in [-0.25, -0.2) is 21.9 Å². The Hall–Kier alpha value is -2.32. The molecule has 0 radical (unpaired) electrons. The zero-order valence-corrected chi connectivity index (χ0v) is 15.2. The number of hydrogen-bond donors (Lipinski definition) is 2. The Morgan fingerprint density at radius 2 is 1.54 bits per heavy atom. The van der Waals surface area contributed by atoms with E-state index in [2.05, 4.69) is 10.0 Å². The monoisotopic (exact) mass is 382 g/mol. The number of rotatable bonds is 7. The van der Waals surface area contributed by atoms with Gasteiger partial charge in [0.1, 0.15) is 17.2 Å². The summed E-state index contributed by atoms with van der Waals surface area (Å²) in [5.74, 6) is -2.87. The number of hydrogen-bond acceptors (Lipinski definition) is 3. The lowest BCUT2D eigenvalue weighted by molar-refractivity contribution is 0.0942. The fourth-order valence-electron chi connectivity index (χ4n) is 2.36. The van der Waals surface area contributed by atoms with E-state index in [1.807, 2.05) is 0 Å². The summed E-state index contributed by atoms with van der Waals surface area (Å²) < 4.78 is 53.4. The van der Waals surface area contributed by atoms with Gasteiger partial charge in [-0.15, -0.1) is 0 Å². The summed E-state index contributed by atoms with van der Waals surface area (Å²) in [5.41, 5.74) is 0.636. The molecule has 0 aromatic heterocycles. The van der Waals surface area contributed by atoms with Crippen LogP contribution in [0.1, 0.15) is 35.3 Å². The molecule has 2 rings (SSSR count). The van der Waals surface area contributed by atoms with Crippen molar-refractivity contribution >= 4 is 15.9 Å². The van der Waals surface area contributed by atoms with Gasteiger partial charge in [0, 0.05) is 12.6 Å². The molecule has 5 nitrogen and oxygen atoms in total. The van der Waals surface area contributed by atoms with E-state index in [0.717, 1.165) is 12.1 Å². The van der Waals surface area contributed by atoms with Crippen molar-refractivity contribution in [3.8, 4) is 0 Å². The zero-order valence-electron chi connectivity index (χ0n) is 14.4. The fourth-order valence-corrected chi connectivity index (χ4v) is 3.79. The molecule has 8 heteroatoms. The van der Waals surface area contributed by atoms with Crippen LogP contribution in [0.15, 0.2) is 42.5 Å². The summed E-state index contributed by atoms with van der Waals surface area (Å²) in [7, 11) is -3.42. The van der Waals surface area contributed by atoms with Gasteiger partial charge in [0.2, 0.25) is 10.0 Å². The van der Waals surface area contributed by atoms with Crippen LogP contribution in [0.4, 0.5) is 8.78 Å². The molecule has 26 heavy (non-hydrogen) atoms. The standard InChI is InChI=1S/C18H20F2N2O3S/c1-12(2)22-26(24,25)11-14-8-6-13(7-9-14)10-21-18(23)17-15(19)4-3-5-16(17)20/h3-9,12,22H,10-11H2,1-2H3,(H,21,23). The van der Waals surface area contributed by atoms with Crippen LogP contribution in [0.2, 0.25) is 0 Å². The highest BCUT2D eigenvalue weighted by molar-refractivity contribution is 7.88. The zero-order chi connectivity index (χ0) is 19.3. The van der Waals surface area contributed by atoms with Crippen molar-refractivity contribution in [1.29, 1.82) is 0 Å². The predicted octanol–water partition coefficient (Wildman–Crippen LogP) is 2.72. The molecule has 0 saturated carbocycles. The Kier molecular flexibility index (Phi) is 6.44. The van der Waals surface area contributed by atoms with Gasteiger partial charge in [-0.05, 0) is 37.1 Å². The van der Waals surface area contributed by atoms with Crippen molar-refractivity contribution in [2.24, 2.45) is 0 Å². The molecule has 2 aromatic carbocycles. The summed E-state index contributed by atoms with van der Waals surface area (Å²) >= 11 is 0. The quantitative estimate of drug-likeness (QED) is 0.773. The lowest BCUT2D eigenvalue weighted by Gasteiger charge is -2.10. The van der Waals surface area contributed by atoms with E-state index in [-0.39, 0.29) is 18.3 Å². The number of amides is 1. The van der Waals surface area contributed by atoms with Gasteiger partial charge < -0.3 is 5.32 Å². The molecule has 140 valence electrons. The number of benzene rings is 2. The van der Waals surface area contributed by atoms with Crippen LogP contribution in [0.5, 0.6) is 0 Å². The van der Waals surface area contributed by atoms with Crippen molar-refractivity contribution in [2.75, 3.05) is 0 Å². The Bertz CT molecular complexity index is 862. The van der Waals surface area contributed by atoms with Crippen LogP contribution in [0.25, 0.3) is 0 Å². The average molecular weight is 382 g/mol. The summed E-state index contributed by atoms with van der Waals surface area (Å²) in [6.45, 7) is 3.54. The van der Waals surface area contributed by atoms with Crippen LogP contribution in [0.3, 0.4) is 0 Å². The molecule has 0 bridgehead atoms. The number of carbonyl (C=O) groups excluding carboxylic acids is 1. The molecule has 2 aromatic rings. The van der Waals surface area contributed by atoms with Crippen LogP contribution < -0.4 is 10.0 Å². The second kappa shape index (κ2) is 8.37. The molecule has 1 amide bonds. The smallest absolute Gasteiger partial charge is 0.257 e. The van der Waals surface area contributed by atoms with Crippen molar-refractivity contribution in [3.63, 3.8) is 0 Å². The second-order valence-electron chi connectivity index (χ2n) is 6.13. The SMILES string of the molecule is CC(C)NS(=O)(=O)Cc1ccc(CNC(=O)c2c(F)cccc2F)cc1.